The van der Waals surface area contributed by atoms with Crippen LogP contribution in [0.25, 0.3) is 0 Å². The van der Waals surface area contributed by atoms with Gasteiger partial charge in [-0.25, -0.2) is 0 Å². The van der Waals surface area contributed by atoms with Crippen molar-refractivity contribution in [2.75, 3.05) is 5.32 Å². The molecule has 1 amide bonds. The first-order chi connectivity index (χ1) is 16.3. The van der Waals surface area contributed by atoms with Crippen LogP contribution in [-0.2, 0) is 30.7 Å². The quantitative estimate of drug-likeness (QED) is 0.331. The van der Waals surface area contributed by atoms with E-state index >= 15 is 0 Å². The number of amides is 1. The van der Waals surface area contributed by atoms with Gasteiger partial charge >= 0.3 is 0 Å². The van der Waals surface area contributed by atoms with Crippen LogP contribution in [0.4, 0.5) is 5.69 Å². The van der Waals surface area contributed by atoms with Gasteiger partial charge in [0.2, 0.25) is 5.91 Å². The normalized spacial score (nSPS) is 10.5. The Morgan fingerprint density at radius 3 is 2.30 bits per heavy atom. The van der Waals surface area contributed by atoms with Gasteiger partial charge in [-0.2, -0.15) is 0 Å². The van der Waals surface area contributed by atoms with Crippen LogP contribution in [0.3, 0.4) is 0 Å². The molecule has 1 aromatic heterocycles. The molecule has 4 nitrogen and oxygen atoms in total. The van der Waals surface area contributed by atoms with E-state index in [9.17, 15) is 4.79 Å². The fourth-order valence-corrected chi connectivity index (χ4v) is 3.70. The maximum absolute atomic E-state index is 12.2. The van der Waals surface area contributed by atoms with Crippen molar-refractivity contribution in [3.63, 3.8) is 0 Å². The summed E-state index contributed by atoms with van der Waals surface area (Å²) >= 11 is 0. The van der Waals surface area contributed by atoms with E-state index in [1.165, 1.54) is 16.7 Å². The molecule has 0 aliphatic rings. The Bertz CT molecular complexity index is 1140. The molecule has 4 heteroatoms. The van der Waals surface area contributed by atoms with Crippen LogP contribution in [0.5, 0.6) is 5.75 Å². The zero-order valence-corrected chi connectivity index (χ0v) is 18.6. The maximum atomic E-state index is 12.2. The topological polar surface area (TPSA) is 51.2 Å². The Balaban J connectivity index is 1.25. The summed E-state index contributed by atoms with van der Waals surface area (Å²) < 4.78 is 6.08. The van der Waals surface area contributed by atoms with Crippen molar-refractivity contribution < 1.29 is 9.53 Å². The lowest BCUT2D eigenvalue weighted by Crippen LogP contribution is -2.15. The van der Waals surface area contributed by atoms with Gasteiger partial charge in [-0.3, -0.25) is 9.78 Å². The number of carbonyl (C=O) groups excluding carboxylic acids is 1. The van der Waals surface area contributed by atoms with E-state index in [0.717, 1.165) is 36.4 Å². The smallest absolute Gasteiger partial charge is 0.230 e. The number of hydrogen-bond acceptors (Lipinski definition) is 3. The lowest BCUT2D eigenvalue weighted by atomic mass is 10.0. The average Bonchev–Trinajstić information content (AvgIpc) is 2.86. The van der Waals surface area contributed by atoms with Gasteiger partial charge in [0, 0.05) is 17.6 Å². The summed E-state index contributed by atoms with van der Waals surface area (Å²) in [6.07, 6.45) is 4.92. The van der Waals surface area contributed by atoms with Crippen LogP contribution in [0, 0.1) is 0 Å². The zero-order chi connectivity index (χ0) is 22.7. The number of hydrogen-bond donors (Lipinski definition) is 1. The minimum atomic E-state index is -0.0615. The number of anilines is 1. The molecule has 4 aromatic rings. The Labute approximate surface area is 195 Å². The molecule has 1 heterocycles. The van der Waals surface area contributed by atoms with Gasteiger partial charge in [0.15, 0.2) is 0 Å². The zero-order valence-electron chi connectivity index (χ0n) is 18.6. The van der Waals surface area contributed by atoms with E-state index in [2.05, 4.69) is 46.7 Å². The van der Waals surface area contributed by atoms with E-state index in [1.54, 1.807) is 6.20 Å². The Kier molecular flexibility index (Phi) is 7.85. The summed E-state index contributed by atoms with van der Waals surface area (Å²) in [5.41, 5.74) is 5.21. The highest BCUT2D eigenvalue weighted by molar-refractivity contribution is 5.92. The van der Waals surface area contributed by atoms with Crippen molar-refractivity contribution in [2.24, 2.45) is 0 Å². The van der Waals surface area contributed by atoms with Crippen LogP contribution in [0.15, 0.2) is 103 Å². The molecule has 33 heavy (non-hydrogen) atoms. The standard InChI is InChI=1S/C29H28N2O2/c32-29(21-27-14-6-7-20-30-27)31-26-18-16-23(17-19-26)11-8-13-25-12-4-5-15-28(25)33-22-24-9-2-1-3-10-24/h1-7,9-10,12,14-20H,8,11,13,21-22H2,(H,31,32). The van der Waals surface area contributed by atoms with E-state index in [4.69, 9.17) is 4.74 Å². The summed E-state index contributed by atoms with van der Waals surface area (Å²) in [7, 11) is 0. The number of aryl methyl sites for hydroxylation is 2. The second-order valence-corrected chi connectivity index (χ2v) is 7.98. The van der Waals surface area contributed by atoms with Crippen molar-refractivity contribution >= 4 is 11.6 Å². The monoisotopic (exact) mass is 436 g/mol. The molecular weight excluding hydrogens is 408 g/mol. The summed E-state index contributed by atoms with van der Waals surface area (Å²) in [5.74, 6) is 0.890. The van der Waals surface area contributed by atoms with E-state index in [1.807, 2.05) is 60.7 Å². The third-order valence-corrected chi connectivity index (χ3v) is 5.43. The van der Waals surface area contributed by atoms with Gasteiger partial charge in [0.05, 0.1) is 6.42 Å². The Morgan fingerprint density at radius 2 is 1.52 bits per heavy atom. The molecule has 0 spiro atoms. The molecule has 0 aliphatic heterocycles. The van der Waals surface area contributed by atoms with Crippen LogP contribution >= 0.6 is 0 Å². The molecule has 1 N–H and O–H groups in total. The first-order valence-electron chi connectivity index (χ1n) is 11.3. The number of para-hydroxylation sites is 1. The SMILES string of the molecule is O=C(Cc1ccccn1)Nc1ccc(CCCc2ccccc2OCc2ccccc2)cc1. The van der Waals surface area contributed by atoms with E-state index < -0.39 is 0 Å². The first kappa shape index (κ1) is 22.3. The van der Waals surface area contributed by atoms with Crippen LogP contribution in [0.1, 0.15) is 28.8 Å². The number of benzene rings is 3. The van der Waals surface area contributed by atoms with Gasteiger partial charge in [0.1, 0.15) is 12.4 Å². The van der Waals surface area contributed by atoms with Crippen LogP contribution < -0.4 is 10.1 Å². The van der Waals surface area contributed by atoms with Gasteiger partial charge in [-0.05, 0) is 66.3 Å². The third kappa shape index (κ3) is 7.04. The first-order valence-corrected chi connectivity index (χ1v) is 11.3. The number of ether oxygens (including phenoxy) is 1. The summed E-state index contributed by atoms with van der Waals surface area (Å²) in [4.78, 5) is 16.4. The molecule has 0 radical (unpaired) electrons. The lowest BCUT2D eigenvalue weighted by molar-refractivity contribution is -0.115. The van der Waals surface area contributed by atoms with E-state index in [0.29, 0.717) is 6.61 Å². The third-order valence-electron chi connectivity index (χ3n) is 5.43. The average molecular weight is 437 g/mol. The molecular formula is C29H28N2O2. The molecule has 0 saturated heterocycles. The molecule has 166 valence electrons. The van der Waals surface area contributed by atoms with Gasteiger partial charge in [-0.15, -0.1) is 0 Å². The maximum Gasteiger partial charge on any atom is 0.230 e. The van der Waals surface area contributed by atoms with Crippen molar-refractivity contribution in [1.82, 2.24) is 4.98 Å². The molecule has 0 aliphatic carbocycles. The van der Waals surface area contributed by atoms with Gasteiger partial charge in [0.25, 0.3) is 0 Å². The largest absolute Gasteiger partial charge is 0.489 e. The number of nitrogens with zero attached hydrogens (tertiary/aromatic N) is 1. The number of carbonyl (C=O) groups is 1. The minimum Gasteiger partial charge on any atom is -0.489 e. The highest BCUT2D eigenvalue weighted by atomic mass is 16.5. The fourth-order valence-electron chi connectivity index (χ4n) is 3.70. The molecule has 0 fully saturated rings. The molecule has 4 rings (SSSR count). The highest BCUT2D eigenvalue weighted by Crippen LogP contribution is 2.22. The van der Waals surface area contributed by atoms with Crippen molar-refractivity contribution in [2.45, 2.75) is 32.3 Å². The predicted molar refractivity (Wildman–Crippen MR) is 132 cm³/mol. The second-order valence-electron chi connectivity index (χ2n) is 7.98. The number of rotatable bonds is 10. The predicted octanol–water partition coefficient (Wildman–Crippen LogP) is 6.02. The molecule has 3 aromatic carbocycles. The molecule has 0 saturated carbocycles. The summed E-state index contributed by atoms with van der Waals surface area (Å²) in [6, 6.07) is 32.2. The Hall–Kier alpha value is -3.92. The van der Waals surface area contributed by atoms with Gasteiger partial charge < -0.3 is 10.1 Å². The van der Waals surface area contributed by atoms with Crippen LogP contribution in [-0.4, -0.2) is 10.9 Å². The Morgan fingerprint density at radius 1 is 0.758 bits per heavy atom. The summed E-state index contributed by atoms with van der Waals surface area (Å²) in [6.45, 7) is 0.575. The lowest BCUT2D eigenvalue weighted by Gasteiger charge is -2.12. The second kappa shape index (κ2) is 11.6. The van der Waals surface area contributed by atoms with Crippen molar-refractivity contribution in [1.29, 1.82) is 0 Å². The van der Waals surface area contributed by atoms with Crippen molar-refractivity contribution in [3.8, 4) is 5.75 Å². The number of nitrogens with one attached hydrogen (secondary N) is 1. The van der Waals surface area contributed by atoms with Gasteiger partial charge in [-0.1, -0.05) is 66.7 Å². The minimum absolute atomic E-state index is 0.0615. The number of pyridine rings is 1. The van der Waals surface area contributed by atoms with Crippen molar-refractivity contribution in [3.05, 3.63) is 126 Å². The molecule has 0 atom stereocenters. The highest BCUT2D eigenvalue weighted by Gasteiger charge is 2.06. The fraction of sp³-hybridized carbons (Fsp3) is 0.172. The molecule has 0 unspecified atom stereocenters. The summed E-state index contributed by atoms with van der Waals surface area (Å²) in [5, 5.41) is 2.94. The van der Waals surface area contributed by atoms with E-state index in [-0.39, 0.29) is 12.3 Å². The molecule has 0 bridgehead atoms. The number of aromatic nitrogens is 1. The van der Waals surface area contributed by atoms with Crippen LogP contribution in [0.2, 0.25) is 0 Å².